The molecule has 0 aromatic carbocycles. The van der Waals surface area contributed by atoms with Crippen LogP contribution in [0.2, 0.25) is 0 Å². The van der Waals surface area contributed by atoms with Crippen LogP contribution in [0.15, 0.2) is 12.2 Å². The molecule has 0 saturated heterocycles. The minimum Gasteiger partial charge on any atom is -0.395 e. The number of unbranched alkanes of at least 4 members (excludes halogenated alkanes) is 25. The number of allylic oxidation sites excluding steroid dienone is 1. The molecule has 35 heavy (non-hydrogen) atoms. The highest BCUT2D eigenvalue weighted by atomic mass is 16.3. The third-order valence-corrected chi connectivity index (χ3v) is 7.46. The summed E-state index contributed by atoms with van der Waals surface area (Å²) in [5.41, 5.74) is 5.57. The van der Waals surface area contributed by atoms with Crippen LogP contribution in [0.3, 0.4) is 0 Å². The van der Waals surface area contributed by atoms with Gasteiger partial charge in [-0.3, -0.25) is 0 Å². The summed E-state index contributed by atoms with van der Waals surface area (Å²) >= 11 is 0. The third-order valence-electron chi connectivity index (χ3n) is 7.46. The monoisotopic (exact) mass is 496 g/mol. The predicted octanol–water partition coefficient (Wildman–Crippen LogP) is 9.39. The van der Waals surface area contributed by atoms with Gasteiger partial charge in [0, 0.05) is 0 Å². The maximum Gasteiger partial charge on any atom is 0.0894 e. The summed E-state index contributed by atoms with van der Waals surface area (Å²) in [6.45, 7) is 2.12. The maximum atomic E-state index is 9.64. The van der Waals surface area contributed by atoms with E-state index in [4.69, 9.17) is 10.8 Å². The van der Waals surface area contributed by atoms with E-state index >= 15 is 0 Å². The number of hydrogen-bond donors (Lipinski definition) is 3. The maximum absolute atomic E-state index is 9.64. The molecule has 0 saturated carbocycles. The Morgan fingerprint density at radius 2 is 0.800 bits per heavy atom. The highest BCUT2D eigenvalue weighted by Gasteiger charge is 2.08. The number of nitrogens with two attached hydrogens (primary N) is 1. The molecule has 0 aliphatic carbocycles. The van der Waals surface area contributed by atoms with Crippen molar-refractivity contribution in [3.8, 4) is 0 Å². The largest absolute Gasteiger partial charge is 0.395 e. The zero-order valence-electron chi connectivity index (χ0n) is 23.9. The number of rotatable bonds is 29. The Morgan fingerprint density at radius 1 is 0.514 bits per heavy atom. The van der Waals surface area contributed by atoms with Crippen LogP contribution in [-0.2, 0) is 0 Å². The van der Waals surface area contributed by atoms with Gasteiger partial charge in [-0.15, -0.1) is 0 Å². The molecule has 0 heterocycles. The van der Waals surface area contributed by atoms with Gasteiger partial charge in [-0.2, -0.15) is 0 Å². The molecular weight excluding hydrogens is 430 g/mol. The Labute approximate surface area is 220 Å². The molecule has 4 N–H and O–H groups in total. The van der Waals surface area contributed by atoms with Gasteiger partial charge in [0.15, 0.2) is 0 Å². The first kappa shape index (κ1) is 34.6. The van der Waals surface area contributed by atoms with Crippen molar-refractivity contribution in [1.82, 2.24) is 0 Å². The van der Waals surface area contributed by atoms with Crippen molar-refractivity contribution in [2.24, 2.45) is 5.73 Å². The normalized spacial score (nSPS) is 13.6. The van der Waals surface area contributed by atoms with E-state index in [2.05, 4.69) is 6.92 Å². The van der Waals surface area contributed by atoms with Gasteiger partial charge in [-0.1, -0.05) is 173 Å². The van der Waals surface area contributed by atoms with Gasteiger partial charge in [-0.05, 0) is 12.8 Å². The van der Waals surface area contributed by atoms with Gasteiger partial charge in [0.05, 0.1) is 18.8 Å². The molecule has 0 bridgehead atoms. The fourth-order valence-electron chi connectivity index (χ4n) is 4.89. The molecule has 210 valence electrons. The van der Waals surface area contributed by atoms with Gasteiger partial charge < -0.3 is 15.9 Å². The molecule has 3 nitrogen and oxygen atoms in total. The molecule has 0 spiro atoms. The Hall–Kier alpha value is -0.380. The summed E-state index contributed by atoms with van der Waals surface area (Å²) in [4.78, 5) is 0. The molecule has 0 aliphatic rings. The predicted molar refractivity (Wildman–Crippen MR) is 156 cm³/mol. The molecule has 0 fully saturated rings. The van der Waals surface area contributed by atoms with Crippen LogP contribution in [0.5, 0.6) is 0 Å². The Balaban J connectivity index is 3.11. The van der Waals surface area contributed by atoms with Crippen molar-refractivity contribution in [1.29, 1.82) is 0 Å². The average Bonchev–Trinajstić information content (AvgIpc) is 2.87. The van der Waals surface area contributed by atoms with Crippen LogP contribution in [0, 0.1) is 0 Å². The minimum atomic E-state index is -0.723. The topological polar surface area (TPSA) is 66.5 Å². The number of hydrogen-bond acceptors (Lipinski definition) is 3. The average molecular weight is 496 g/mol. The van der Waals surface area contributed by atoms with E-state index in [1.165, 1.54) is 161 Å². The second-order valence-corrected chi connectivity index (χ2v) is 11.0. The number of aliphatic hydroxyl groups excluding tert-OH is 2. The molecule has 0 amide bonds. The summed E-state index contributed by atoms with van der Waals surface area (Å²) in [5.74, 6) is 0. The molecule has 2 atom stereocenters. The summed E-state index contributed by atoms with van der Waals surface area (Å²) < 4.78 is 0. The van der Waals surface area contributed by atoms with Crippen LogP contribution < -0.4 is 5.73 Å². The highest BCUT2D eigenvalue weighted by molar-refractivity contribution is 4.93. The van der Waals surface area contributed by atoms with E-state index in [1.54, 1.807) is 6.08 Å². The van der Waals surface area contributed by atoms with Gasteiger partial charge in [0.25, 0.3) is 0 Å². The molecule has 0 unspecified atom stereocenters. The second-order valence-electron chi connectivity index (χ2n) is 11.0. The lowest BCUT2D eigenvalue weighted by Crippen LogP contribution is -2.36. The molecule has 0 radical (unpaired) electrons. The lowest BCUT2D eigenvalue weighted by Gasteiger charge is -2.11. The zero-order valence-corrected chi connectivity index (χ0v) is 23.9. The van der Waals surface area contributed by atoms with E-state index in [0.717, 1.165) is 6.42 Å². The van der Waals surface area contributed by atoms with Gasteiger partial charge >= 0.3 is 0 Å². The molecule has 0 aromatic heterocycles. The first-order valence-corrected chi connectivity index (χ1v) is 15.9. The quantitative estimate of drug-likeness (QED) is 0.0715. The van der Waals surface area contributed by atoms with Crippen molar-refractivity contribution < 1.29 is 10.2 Å². The molecule has 0 rings (SSSR count). The lowest BCUT2D eigenvalue weighted by molar-refractivity contribution is 0.144. The van der Waals surface area contributed by atoms with Gasteiger partial charge in [0.1, 0.15) is 0 Å². The van der Waals surface area contributed by atoms with Crippen LogP contribution in [0.4, 0.5) is 0 Å². The standard InChI is InChI=1S/C32H65NO2/c1-2-3-4-5-6-7-8-9-10-11-12-13-14-15-16-17-18-19-20-21-22-23-24-25-26-27-28-29-32(35)31(33)30-34/h28-29,31-32,34-35H,2-27,30,33H2,1H3/b29-28+/t31-,32+/m0/s1. The van der Waals surface area contributed by atoms with E-state index in [0.29, 0.717) is 0 Å². The SMILES string of the molecule is CCCCCCCCCCCCCCCCCCCCCCCCCCC/C=C/[C@@H](O)[C@@H](N)CO. The van der Waals surface area contributed by atoms with Crippen LogP contribution in [-0.4, -0.2) is 29.0 Å². The van der Waals surface area contributed by atoms with Crippen molar-refractivity contribution in [2.45, 2.75) is 186 Å². The second kappa shape index (κ2) is 29.8. The van der Waals surface area contributed by atoms with E-state index < -0.39 is 12.1 Å². The molecule has 0 aliphatic heterocycles. The van der Waals surface area contributed by atoms with Crippen LogP contribution in [0.25, 0.3) is 0 Å². The van der Waals surface area contributed by atoms with Crippen molar-refractivity contribution in [3.63, 3.8) is 0 Å². The van der Waals surface area contributed by atoms with E-state index in [1.807, 2.05) is 6.08 Å². The first-order chi connectivity index (χ1) is 17.2. The summed E-state index contributed by atoms with van der Waals surface area (Å²) in [7, 11) is 0. The Morgan fingerprint density at radius 3 is 1.09 bits per heavy atom. The molecule has 3 heteroatoms. The van der Waals surface area contributed by atoms with Gasteiger partial charge in [-0.25, -0.2) is 0 Å². The van der Waals surface area contributed by atoms with Crippen molar-refractivity contribution >= 4 is 0 Å². The van der Waals surface area contributed by atoms with Crippen molar-refractivity contribution in [2.75, 3.05) is 6.61 Å². The van der Waals surface area contributed by atoms with E-state index in [-0.39, 0.29) is 6.61 Å². The molecule has 0 aromatic rings. The number of aliphatic hydroxyl groups is 2. The van der Waals surface area contributed by atoms with Crippen molar-refractivity contribution in [3.05, 3.63) is 12.2 Å². The minimum absolute atomic E-state index is 0.176. The summed E-state index contributed by atoms with van der Waals surface area (Å²) in [6, 6.07) is -0.560. The van der Waals surface area contributed by atoms with Crippen LogP contribution >= 0.6 is 0 Å². The van der Waals surface area contributed by atoms with Crippen LogP contribution in [0.1, 0.15) is 174 Å². The van der Waals surface area contributed by atoms with E-state index in [9.17, 15) is 5.11 Å². The Kier molecular flexibility index (Phi) is 29.5. The fourth-order valence-corrected chi connectivity index (χ4v) is 4.89. The van der Waals surface area contributed by atoms with Gasteiger partial charge in [0.2, 0.25) is 0 Å². The Bertz CT molecular complexity index is 412. The summed E-state index contributed by atoms with van der Waals surface area (Å²) in [5, 5.41) is 18.5. The summed E-state index contributed by atoms with van der Waals surface area (Å²) in [6.07, 6.45) is 39.5. The zero-order chi connectivity index (χ0) is 25.7. The smallest absolute Gasteiger partial charge is 0.0894 e. The lowest BCUT2D eigenvalue weighted by atomic mass is 10.0. The first-order valence-electron chi connectivity index (χ1n) is 15.9. The molecular formula is C32H65NO2. The fraction of sp³-hybridized carbons (Fsp3) is 0.938. The third kappa shape index (κ3) is 28.0. The highest BCUT2D eigenvalue weighted by Crippen LogP contribution is 2.16.